The van der Waals surface area contributed by atoms with Crippen molar-refractivity contribution in [2.24, 2.45) is 11.3 Å². The maximum absolute atomic E-state index is 10.9. The predicted octanol–water partition coefficient (Wildman–Crippen LogP) is 10.5. The number of hydrogen-bond donors (Lipinski definition) is 2. The lowest BCUT2D eigenvalue weighted by Crippen LogP contribution is -2.50. The van der Waals surface area contributed by atoms with Crippen molar-refractivity contribution in [2.75, 3.05) is 13.7 Å². The molecule has 0 amide bonds. The zero-order valence-corrected chi connectivity index (χ0v) is 30.1. The zero-order valence-electron chi connectivity index (χ0n) is 30.1. The standard InChI is InChI=1S/C44H50N2O4/c1-28(2)30-14-19-36-31(25-30)15-21-39-43(3,22-10-23-44(36,39)4)27-35-33(29-11-7-6-8-12-29)18-20-37-41(35)46-42(45-37)34-17-16-32(26-38(34)49-5)50-24-9-13-40(47)48/h6-8,11-12,14,16-20,25-26,28,39H,9-10,13,15,21-24,27H2,1-5H3,(H,45,46)(H,47,48)/t39-,43+,44+/m0/s1. The number of aromatic nitrogens is 2. The van der Waals surface area contributed by atoms with Gasteiger partial charge in [-0.25, -0.2) is 4.98 Å². The number of carboxylic acids is 1. The van der Waals surface area contributed by atoms with Gasteiger partial charge in [-0.2, -0.15) is 0 Å². The Labute approximate surface area is 296 Å². The van der Waals surface area contributed by atoms with Crippen molar-refractivity contribution in [1.29, 1.82) is 0 Å². The molecule has 2 aliphatic carbocycles. The van der Waals surface area contributed by atoms with E-state index < -0.39 is 5.97 Å². The summed E-state index contributed by atoms with van der Waals surface area (Å²) in [5.74, 6) is 2.34. The number of H-pyrrole nitrogens is 1. The maximum atomic E-state index is 10.9. The summed E-state index contributed by atoms with van der Waals surface area (Å²) in [6, 6.07) is 28.3. The third-order valence-electron chi connectivity index (χ3n) is 11.8. The van der Waals surface area contributed by atoms with Crippen molar-refractivity contribution < 1.29 is 19.4 Å². The lowest BCUT2D eigenvalue weighted by molar-refractivity contribution is -0.137. The third kappa shape index (κ3) is 6.29. The highest BCUT2D eigenvalue weighted by Crippen LogP contribution is 2.59. The van der Waals surface area contributed by atoms with Gasteiger partial charge in [0.2, 0.25) is 0 Å². The average Bonchev–Trinajstić information content (AvgIpc) is 3.55. The van der Waals surface area contributed by atoms with Gasteiger partial charge in [0.1, 0.15) is 17.3 Å². The van der Waals surface area contributed by atoms with Crippen LogP contribution in [0, 0.1) is 11.3 Å². The minimum atomic E-state index is -0.822. The van der Waals surface area contributed by atoms with Gasteiger partial charge in [0, 0.05) is 12.5 Å². The molecule has 50 heavy (non-hydrogen) atoms. The molecule has 7 rings (SSSR count). The second-order valence-corrected chi connectivity index (χ2v) is 15.4. The number of aliphatic carboxylic acids is 1. The van der Waals surface area contributed by atoms with E-state index in [1.165, 1.54) is 47.9 Å². The Hall–Kier alpha value is -4.58. The fourth-order valence-corrected chi connectivity index (χ4v) is 9.32. The molecule has 5 aromatic rings. The van der Waals surface area contributed by atoms with E-state index in [2.05, 4.69) is 93.3 Å². The fourth-order valence-electron chi connectivity index (χ4n) is 9.32. The molecule has 0 radical (unpaired) electrons. The normalized spacial score (nSPS) is 21.5. The van der Waals surface area contributed by atoms with E-state index in [0.717, 1.165) is 35.3 Å². The lowest BCUT2D eigenvalue weighted by Gasteiger charge is -2.56. The van der Waals surface area contributed by atoms with Gasteiger partial charge in [-0.05, 0) is 113 Å². The molecular formula is C44H50N2O4. The van der Waals surface area contributed by atoms with Gasteiger partial charge in [0.05, 0.1) is 30.3 Å². The number of imidazole rings is 1. The van der Waals surface area contributed by atoms with E-state index in [4.69, 9.17) is 19.6 Å². The smallest absolute Gasteiger partial charge is 0.303 e. The van der Waals surface area contributed by atoms with Crippen molar-refractivity contribution in [1.82, 2.24) is 9.97 Å². The van der Waals surface area contributed by atoms with Gasteiger partial charge < -0.3 is 19.6 Å². The number of carbonyl (C=O) groups is 1. The Morgan fingerprint density at radius 3 is 2.56 bits per heavy atom. The second-order valence-electron chi connectivity index (χ2n) is 15.4. The molecule has 6 heteroatoms. The van der Waals surface area contributed by atoms with Crippen LogP contribution in [0.3, 0.4) is 0 Å². The fraction of sp³-hybridized carbons (Fsp3) is 0.409. The number of methoxy groups -OCH3 is 1. The van der Waals surface area contributed by atoms with Gasteiger partial charge in [-0.15, -0.1) is 0 Å². The molecule has 0 aliphatic heterocycles. The maximum Gasteiger partial charge on any atom is 0.303 e. The molecule has 1 heterocycles. The number of aryl methyl sites for hydroxylation is 1. The summed E-state index contributed by atoms with van der Waals surface area (Å²) in [4.78, 5) is 19.9. The third-order valence-corrected chi connectivity index (χ3v) is 11.8. The predicted molar refractivity (Wildman–Crippen MR) is 201 cm³/mol. The summed E-state index contributed by atoms with van der Waals surface area (Å²) < 4.78 is 11.7. The largest absolute Gasteiger partial charge is 0.496 e. The lowest BCUT2D eigenvalue weighted by atomic mass is 9.48. The van der Waals surface area contributed by atoms with Gasteiger partial charge >= 0.3 is 5.97 Å². The first-order valence-corrected chi connectivity index (χ1v) is 18.3. The molecule has 4 aromatic carbocycles. The minimum Gasteiger partial charge on any atom is -0.496 e. The van der Waals surface area contributed by atoms with Crippen LogP contribution in [0.25, 0.3) is 33.5 Å². The minimum absolute atomic E-state index is 0.0764. The Kier molecular flexibility index (Phi) is 9.23. The highest BCUT2D eigenvalue weighted by Gasteiger charge is 2.52. The van der Waals surface area contributed by atoms with E-state index in [0.29, 0.717) is 36.4 Å². The van der Waals surface area contributed by atoms with Crippen LogP contribution in [-0.4, -0.2) is 34.8 Å². The Morgan fingerprint density at radius 2 is 1.80 bits per heavy atom. The van der Waals surface area contributed by atoms with Crippen LogP contribution in [0.4, 0.5) is 0 Å². The van der Waals surface area contributed by atoms with E-state index >= 15 is 0 Å². The van der Waals surface area contributed by atoms with Crippen LogP contribution in [-0.2, 0) is 23.1 Å². The number of ether oxygens (including phenoxy) is 2. The first-order valence-electron chi connectivity index (χ1n) is 18.3. The van der Waals surface area contributed by atoms with Crippen molar-refractivity contribution in [3.05, 3.63) is 101 Å². The molecule has 3 atom stereocenters. The summed E-state index contributed by atoms with van der Waals surface area (Å²) in [5.41, 5.74) is 11.5. The van der Waals surface area contributed by atoms with Crippen LogP contribution in [0.15, 0.2) is 78.9 Å². The van der Waals surface area contributed by atoms with Crippen LogP contribution in [0.2, 0.25) is 0 Å². The van der Waals surface area contributed by atoms with Crippen LogP contribution >= 0.6 is 0 Å². The second kappa shape index (κ2) is 13.6. The van der Waals surface area contributed by atoms with Crippen molar-refractivity contribution >= 4 is 17.0 Å². The van der Waals surface area contributed by atoms with E-state index in [-0.39, 0.29) is 17.3 Å². The van der Waals surface area contributed by atoms with E-state index in [1.807, 2.05) is 18.2 Å². The molecule has 1 aromatic heterocycles. The molecule has 2 N–H and O–H groups in total. The summed E-state index contributed by atoms with van der Waals surface area (Å²) in [6.45, 7) is 10.0. The number of nitrogens with zero attached hydrogens (tertiary/aromatic N) is 1. The van der Waals surface area contributed by atoms with E-state index in [9.17, 15) is 4.79 Å². The van der Waals surface area contributed by atoms with Gasteiger partial charge in [-0.1, -0.05) is 88.7 Å². The topological polar surface area (TPSA) is 84.4 Å². The van der Waals surface area contributed by atoms with Crippen LogP contribution < -0.4 is 9.47 Å². The number of fused-ring (bicyclic) bond motifs is 4. The first-order chi connectivity index (χ1) is 24.1. The Bertz CT molecular complexity index is 2010. The number of rotatable bonds is 11. The van der Waals surface area contributed by atoms with Crippen LogP contribution in [0.5, 0.6) is 11.5 Å². The average molecular weight is 671 g/mol. The first kappa shape index (κ1) is 33.9. The van der Waals surface area contributed by atoms with Gasteiger partial charge in [0.25, 0.3) is 0 Å². The molecule has 1 fully saturated rings. The zero-order chi connectivity index (χ0) is 35.0. The number of benzene rings is 4. The Morgan fingerprint density at radius 1 is 1.00 bits per heavy atom. The summed E-state index contributed by atoms with van der Waals surface area (Å²) in [5, 5.41) is 8.96. The number of carboxylic acid groups (broad SMARTS) is 1. The summed E-state index contributed by atoms with van der Waals surface area (Å²) in [7, 11) is 1.65. The summed E-state index contributed by atoms with van der Waals surface area (Å²) >= 11 is 0. The highest BCUT2D eigenvalue weighted by atomic mass is 16.5. The molecule has 260 valence electrons. The molecule has 0 saturated heterocycles. The quantitative estimate of drug-likeness (QED) is 0.137. The van der Waals surface area contributed by atoms with E-state index in [1.54, 1.807) is 18.2 Å². The molecular weight excluding hydrogens is 620 g/mol. The van der Waals surface area contributed by atoms with Crippen LogP contribution in [0.1, 0.15) is 94.4 Å². The summed E-state index contributed by atoms with van der Waals surface area (Å²) in [6.07, 6.45) is 7.50. The molecule has 6 nitrogen and oxygen atoms in total. The number of nitrogens with one attached hydrogen (secondary N) is 1. The van der Waals surface area contributed by atoms with Crippen molar-refractivity contribution in [3.8, 4) is 34.0 Å². The molecule has 1 saturated carbocycles. The number of hydrogen-bond acceptors (Lipinski definition) is 4. The molecule has 2 aliphatic rings. The molecule has 0 unspecified atom stereocenters. The molecule has 0 bridgehead atoms. The molecule has 0 spiro atoms. The van der Waals surface area contributed by atoms with Gasteiger partial charge in [-0.3, -0.25) is 4.79 Å². The monoisotopic (exact) mass is 670 g/mol. The van der Waals surface area contributed by atoms with Gasteiger partial charge in [0.15, 0.2) is 0 Å². The van der Waals surface area contributed by atoms with Crippen molar-refractivity contribution in [3.63, 3.8) is 0 Å². The number of aromatic amines is 1. The highest BCUT2D eigenvalue weighted by molar-refractivity contribution is 5.90. The SMILES string of the molecule is COc1cc(OCCCC(=O)O)ccc1-c1nc2c(C[C@@]3(C)CCC[C@]4(C)c5ccc(C(C)C)cc5CC[C@@H]34)c(-c3ccccc3)ccc2[nH]1. The Balaban J connectivity index is 1.27. The van der Waals surface area contributed by atoms with Crippen molar-refractivity contribution in [2.45, 2.75) is 90.4 Å².